The van der Waals surface area contributed by atoms with Crippen molar-refractivity contribution in [3.05, 3.63) is 59.2 Å². The lowest BCUT2D eigenvalue weighted by molar-refractivity contribution is -0.114. The summed E-state index contributed by atoms with van der Waals surface area (Å²) >= 11 is 0.736. The number of nitrogens with one attached hydrogen (secondary N) is 1. The Balaban J connectivity index is 1.47. The van der Waals surface area contributed by atoms with Gasteiger partial charge < -0.3 is 14.2 Å². The molecular formula is C23H22N4O6S2. The first-order chi connectivity index (χ1) is 16.7. The van der Waals surface area contributed by atoms with Gasteiger partial charge in [-0.15, -0.1) is 5.10 Å². The number of nitrogens with zero attached hydrogens (tertiary/aromatic N) is 3. The van der Waals surface area contributed by atoms with Gasteiger partial charge in [0.1, 0.15) is 19.0 Å². The summed E-state index contributed by atoms with van der Waals surface area (Å²) in [5, 5.41) is 13.4. The highest BCUT2D eigenvalue weighted by Crippen LogP contribution is 2.32. The molecule has 0 bridgehead atoms. The van der Waals surface area contributed by atoms with Crippen molar-refractivity contribution in [1.82, 2.24) is 5.01 Å². The first kappa shape index (κ1) is 24.5. The third-order valence-electron chi connectivity index (χ3n) is 4.94. The number of fused-ring (bicyclic) bond motifs is 1. The fraction of sp³-hybridized carbons (Fsp3) is 0.217. The summed E-state index contributed by atoms with van der Waals surface area (Å²) in [5.74, 6) is 0.792. The van der Waals surface area contributed by atoms with E-state index in [2.05, 4.69) is 10.1 Å². The largest absolute Gasteiger partial charge is 0.493 e. The standard InChI is InChI=1S/C23H22N4O6S2/c1-14-6-4-5-7-17(14)32-10-11-33-18-9-8-15(13-19(18)31-2)12-16-20(24)27-22(25-21(16)28)34-23(26-27)35(3,29)30/h4-9,12-13,24H,10-11H2,1-3H3/b16-12-,24-20?. The van der Waals surface area contributed by atoms with Crippen molar-refractivity contribution in [2.45, 2.75) is 6.92 Å². The van der Waals surface area contributed by atoms with Gasteiger partial charge >= 0.3 is 0 Å². The molecule has 2 aromatic carbocycles. The number of rotatable bonds is 7. The summed E-state index contributed by atoms with van der Waals surface area (Å²) in [6.45, 7) is 2.60. The lowest BCUT2D eigenvalue weighted by Crippen LogP contribution is -2.35. The van der Waals surface area contributed by atoms with Crippen LogP contribution < -0.4 is 14.2 Å². The van der Waals surface area contributed by atoms with Crippen LogP contribution in [0.3, 0.4) is 0 Å². The van der Waals surface area contributed by atoms with Crippen molar-refractivity contribution in [2.75, 3.05) is 26.6 Å². The van der Waals surface area contributed by atoms with Gasteiger partial charge in [-0.25, -0.2) is 8.42 Å². The van der Waals surface area contributed by atoms with E-state index in [9.17, 15) is 13.2 Å². The number of para-hydroxylation sites is 1. The molecule has 0 radical (unpaired) electrons. The van der Waals surface area contributed by atoms with Crippen molar-refractivity contribution < 1.29 is 27.4 Å². The molecule has 0 spiro atoms. The molecule has 4 rings (SSSR count). The quantitative estimate of drug-likeness (QED) is 0.441. The second-order valence-electron chi connectivity index (χ2n) is 7.53. The Bertz CT molecular complexity index is 1400. The van der Waals surface area contributed by atoms with E-state index in [1.54, 1.807) is 18.2 Å². The summed E-state index contributed by atoms with van der Waals surface area (Å²) in [7, 11) is -2.10. The highest BCUT2D eigenvalue weighted by molar-refractivity contribution is 8.42. The Kier molecular flexibility index (Phi) is 6.94. The van der Waals surface area contributed by atoms with Gasteiger partial charge in [0.25, 0.3) is 5.91 Å². The number of hydrogen-bond acceptors (Lipinski definition) is 9. The van der Waals surface area contributed by atoms with Crippen LogP contribution in [0.5, 0.6) is 17.2 Å². The van der Waals surface area contributed by atoms with Gasteiger partial charge in [-0.3, -0.25) is 10.2 Å². The second kappa shape index (κ2) is 9.92. The van der Waals surface area contributed by atoms with Crippen LogP contribution in [0.4, 0.5) is 0 Å². The molecule has 0 atom stereocenters. The highest BCUT2D eigenvalue weighted by Gasteiger charge is 2.38. The van der Waals surface area contributed by atoms with Crippen LogP contribution in [0.15, 0.2) is 58.1 Å². The fourth-order valence-corrected chi connectivity index (χ4v) is 4.89. The summed E-state index contributed by atoms with van der Waals surface area (Å²) < 4.78 is 40.3. The lowest BCUT2D eigenvalue weighted by Gasteiger charge is -2.20. The number of ether oxygens (including phenoxy) is 3. The van der Waals surface area contributed by atoms with Crippen molar-refractivity contribution in [1.29, 1.82) is 5.41 Å². The average molecular weight is 515 g/mol. The Morgan fingerprint density at radius 1 is 1.09 bits per heavy atom. The van der Waals surface area contributed by atoms with E-state index >= 15 is 0 Å². The topological polar surface area (TPSA) is 131 Å². The van der Waals surface area contributed by atoms with Crippen molar-refractivity contribution in [3.63, 3.8) is 0 Å². The van der Waals surface area contributed by atoms with Gasteiger partial charge in [0.2, 0.25) is 19.4 Å². The first-order valence-corrected chi connectivity index (χ1v) is 13.1. The van der Waals surface area contributed by atoms with Gasteiger partial charge in [-0.1, -0.05) is 24.3 Å². The maximum absolute atomic E-state index is 12.5. The van der Waals surface area contributed by atoms with Crippen molar-refractivity contribution >= 4 is 49.0 Å². The number of carbonyl (C=O) groups is 1. The molecule has 0 saturated carbocycles. The zero-order chi connectivity index (χ0) is 25.2. The lowest BCUT2D eigenvalue weighted by atomic mass is 10.1. The minimum atomic E-state index is -3.60. The highest BCUT2D eigenvalue weighted by atomic mass is 32.3. The number of carbonyl (C=O) groups excluding carboxylic acids is 1. The molecule has 0 aromatic heterocycles. The molecule has 2 aromatic rings. The number of aliphatic imine (C=N–C) groups is 1. The maximum atomic E-state index is 12.5. The number of hydrazone groups is 1. The number of benzene rings is 2. The smallest absolute Gasteiger partial charge is 0.283 e. The van der Waals surface area contributed by atoms with Crippen molar-refractivity contribution in [3.8, 4) is 17.2 Å². The average Bonchev–Trinajstić information content (AvgIpc) is 3.26. The van der Waals surface area contributed by atoms with Crippen LogP contribution in [0.2, 0.25) is 0 Å². The Labute approximate surface area is 206 Å². The van der Waals surface area contributed by atoms with E-state index in [0.717, 1.165) is 34.3 Å². The van der Waals surface area contributed by atoms with Crippen LogP contribution in [-0.2, 0) is 14.6 Å². The maximum Gasteiger partial charge on any atom is 0.283 e. The van der Waals surface area contributed by atoms with Crippen LogP contribution in [0, 0.1) is 12.3 Å². The Morgan fingerprint density at radius 3 is 2.49 bits per heavy atom. The van der Waals surface area contributed by atoms with Crippen molar-refractivity contribution in [2.24, 2.45) is 10.1 Å². The molecule has 1 amide bonds. The number of amides is 1. The molecule has 2 aliphatic heterocycles. The first-order valence-electron chi connectivity index (χ1n) is 10.4. The number of methoxy groups -OCH3 is 1. The zero-order valence-corrected chi connectivity index (χ0v) is 20.8. The van der Waals surface area contributed by atoms with Gasteiger partial charge in [0.05, 0.1) is 12.7 Å². The summed E-state index contributed by atoms with van der Waals surface area (Å²) in [6, 6.07) is 12.8. The van der Waals surface area contributed by atoms with Crippen LogP contribution >= 0.6 is 11.8 Å². The predicted molar refractivity (Wildman–Crippen MR) is 135 cm³/mol. The minimum absolute atomic E-state index is 0.0322. The summed E-state index contributed by atoms with van der Waals surface area (Å²) in [5.41, 5.74) is 1.57. The van der Waals surface area contributed by atoms with Crippen LogP contribution in [0.1, 0.15) is 11.1 Å². The van der Waals surface area contributed by atoms with Gasteiger partial charge in [-0.2, -0.15) is 10.0 Å². The molecule has 0 saturated heterocycles. The normalized spacial score (nSPS) is 16.7. The molecule has 1 N–H and O–H groups in total. The number of hydrogen-bond donors (Lipinski definition) is 1. The summed E-state index contributed by atoms with van der Waals surface area (Å²) in [6.07, 6.45) is 2.47. The minimum Gasteiger partial charge on any atom is -0.493 e. The molecule has 12 heteroatoms. The van der Waals surface area contributed by atoms with Gasteiger partial charge in [-0.05, 0) is 54.1 Å². The molecule has 2 heterocycles. The van der Waals surface area contributed by atoms with E-state index in [-0.39, 0.29) is 21.0 Å². The molecule has 0 unspecified atom stereocenters. The van der Waals surface area contributed by atoms with Crippen LogP contribution in [-0.4, -0.2) is 61.3 Å². The number of sulfone groups is 1. The number of amidine groups is 2. The number of aryl methyl sites for hydroxylation is 1. The Hall–Kier alpha value is -3.64. The Morgan fingerprint density at radius 2 is 1.80 bits per heavy atom. The molecule has 35 heavy (non-hydrogen) atoms. The molecule has 10 nitrogen and oxygen atoms in total. The molecule has 2 aliphatic rings. The van der Waals surface area contributed by atoms with Crippen LogP contribution in [0.25, 0.3) is 6.08 Å². The monoisotopic (exact) mass is 514 g/mol. The SMILES string of the molecule is COc1cc(/C=C2/C(=N)N3N=C(S(C)(=O)=O)SC3=NC2=O)ccc1OCCOc1ccccc1C. The molecular weight excluding hydrogens is 492 g/mol. The summed E-state index contributed by atoms with van der Waals surface area (Å²) in [4.78, 5) is 16.4. The van der Waals surface area contributed by atoms with E-state index < -0.39 is 15.7 Å². The van der Waals surface area contributed by atoms with Gasteiger partial charge in [0.15, 0.2) is 17.3 Å². The van der Waals surface area contributed by atoms with E-state index in [0.29, 0.717) is 30.3 Å². The number of thioether (sulfide) groups is 1. The third kappa shape index (κ3) is 5.38. The molecule has 0 fully saturated rings. The zero-order valence-electron chi connectivity index (χ0n) is 19.1. The van der Waals surface area contributed by atoms with E-state index in [1.165, 1.54) is 13.2 Å². The van der Waals surface area contributed by atoms with E-state index in [4.69, 9.17) is 19.6 Å². The predicted octanol–water partition coefficient (Wildman–Crippen LogP) is 3.08. The fourth-order valence-electron chi connectivity index (χ4n) is 3.21. The third-order valence-corrected chi connectivity index (χ3v) is 7.52. The van der Waals surface area contributed by atoms with Gasteiger partial charge in [0, 0.05) is 6.26 Å². The van der Waals surface area contributed by atoms with E-state index in [1.807, 2.05) is 31.2 Å². The molecule has 0 aliphatic carbocycles. The second-order valence-corrected chi connectivity index (χ2v) is 10.7. The molecule has 182 valence electrons.